The maximum Gasteiger partial charge on any atom is 0.0442 e. The lowest BCUT2D eigenvalue weighted by Gasteiger charge is -2.28. The van der Waals surface area contributed by atoms with Gasteiger partial charge in [-0.25, -0.2) is 0 Å². The van der Waals surface area contributed by atoms with Crippen molar-refractivity contribution in [3.8, 4) is 0 Å². The second kappa shape index (κ2) is 5.31. The Labute approximate surface area is 115 Å². The van der Waals surface area contributed by atoms with Crippen molar-refractivity contribution in [1.82, 2.24) is 0 Å². The van der Waals surface area contributed by atoms with E-state index in [-0.39, 0.29) is 0 Å². The van der Waals surface area contributed by atoms with E-state index in [1.807, 2.05) is 0 Å². The average Bonchev–Trinajstić information content (AvgIpc) is 2.44. The van der Waals surface area contributed by atoms with E-state index in [9.17, 15) is 0 Å². The van der Waals surface area contributed by atoms with Crippen molar-refractivity contribution in [2.24, 2.45) is 0 Å². The maximum absolute atomic E-state index is 2.48. The lowest BCUT2D eigenvalue weighted by Crippen LogP contribution is -2.25. The van der Waals surface area contributed by atoms with Gasteiger partial charge < -0.3 is 4.90 Å². The van der Waals surface area contributed by atoms with Gasteiger partial charge in [0.25, 0.3) is 0 Å². The zero-order valence-corrected chi connectivity index (χ0v) is 11.3. The molecule has 0 unspecified atom stereocenters. The quantitative estimate of drug-likeness (QED) is 0.752. The Bertz CT molecular complexity index is 598. The molecular formula is C18H19N. The first-order valence-corrected chi connectivity index (χ1v) is 6.98. The first-order chi connectivity index (χ1) is 9.38. The fourth-order valence-corrected chi connectivity index (χ4v) is 2.70. The first kappa shape index (κ1) is 12.0. The molecule has 0 saturated carbocycles. The van der Waals surface area contributed by atoms with Crippen LogP contribution in [0.5, 0.6) is 0 Å². The highest BCUT2D eigenvalue weighted by Gasteiger charge is 2.13. The predicted octanol–water partition coefficient (Wildman–Crippen LogP) is 4.59. The van der Waals surface area contributed by atoms with Crippen LogP contribution in [0.15, 0.2) is 48.5 Å². The van der Waals surface area contributed by atoms with Crippen molar-refractivity contribution in [1.29, 1.82) is 0 Å². The molecule has 2 aromatic rings. The largest absolute Gasteiger partial charge is 0.367 e. The molecule has 19 heavy (non-hydrogen) atoms. The number of para-hydroxylation sites is 1. The molecule has 0 saturated heterocycles. The van der Waals surface area contributed by atoms with Gasteiger partial charge in [-0.05, 0) is 29.2 Å². The Balaban J connectivity index is 2.11. The summed E-state index contributed by atoms with van der Waals surface area (Å²) in [5.74, 6) is 0. The Morgan fingerprint density at radius 2 is 1.58 bits per heavy atom. The lowest BCUT2D eigenvalue weighted by atomic mass is 10.0. The summed E-state index contributed by atoms with van der Waals surface area (Å²) in [6.07, 6.45) is 5.63. The van der Waals surface area contributed by atoms with Gasteiger partial charge in [0.15, 0.2) is 0 Å². The van der Waals surface area contributed by atoms with E-state index in [4.69, 9.17) is 0 Å². The SMILES string of the molecule is CCCN1Cc2ccccc2/C=C\c2ccccc21. The highest BCUT2D eigenvalue weighted by Crippen LogP contribution is 2.28. The zero-order chi connectivity index (χ0) is 13.1. The summed E-state index contributed by atoms with van der Waals surface area (Å²) >= 11 is 0. The summed E-state index contributed by atoms with van der Waals surface area (Å²) in [6.45, 7) is 4.33. The molecule has 1 heteroatoms. The molecule has 1 aliphatic rings. The molecule has 3 rings (SSSR count). The minimum Gasteiger partial charge on any atom is -0.367 e. The van der Waals surface area contributed by atoms with Crippen molar-refractivity contribution < 1.29 is 0 Å². The van der Waals surface area contributed by atoms with E-state index >= 15 is 0 Å². The summed E-state index contributed by atoms with van der Waals surface area (Å²) in [4.78, 5) is 2.48. The van der Waals surface area contributed by atoms with Crippen LogP contribution in [-0.2, 0) is 6.54 Å². The molecule has 0 aliphatic carbocycles. The minimum atomic E-state index is 0.991. The maximum atomic E-state index is 2.48. The third kappa shape index (κ3) is 2.41. The molecule has 96 valence electrons. The van der Waals surface area contributed by atoms with Gasteiger partial charge in [0.05, 0.1) is 0 Å². The fourth-order valence-electron chi connectivity index (χ4n) is 2.70. The van der Waals surface area contributed by atoms with Gasteiger partial charge in [-0.15, -0.1) is 0 Å². The Kier molecular flexibility index (Phi) is 3.37. The van der Waals surface area contributed by atoms with Gasteiger partial charge in [0, 0.05) is 18.8 Å². The fraction of sp³-hybridized carbons (Fsp3) is 0.222. The number of anilines is 1. The van der Waals surface area contributed by atoms with Gasteiger partial charge in [-0.2, -0.15) is 0 Å². The molecule has 0 spiro atoms. The standard InChI is InChI=1S/C18H19N/c1-2-13-19-14-17-9-4-3-7-15(17)11-12-16-8-5-6-10-18(16)19/h3-12H,2,13-14H2,1H3/b12-11-. The normalized spacial score (nSPS) is 15.1. The lowest BCUT2D eigenvalue weighted by molar-refractivity contribution is 0.765. The summed E-state index contributed by atoms with van der Waals surface area (Å²) in [5.41, 5.74) is 5.39. The summed E-state index contributed by atoms with van der Waals surface area (Å²) in [7, 11) is 0. The average molecular weight is 249 g/mol. The summed E-state index contributed by atoms with van der Waals surface area (Å²) in [5, 5.41) is 0. The van der Waals surface area contributed by atoms with Crippen LogP contribution in [0.1, 0.15) is 30.0 Å². The molecule has 0 bridgehead atoms. The van der Waals surface area contributed by atoms with Crippen molar-refractivity contribution >= 4 is 17.8 Å². The van der Waals surface area contributed by atoms with E-state index < -0.39 is 0 Å². The Morgan fingerprint density at radius 3 is 2.42 bits per heavy atom. The van der Waals surface area contributed by atoms with Crippen LogP contribution in [-0.4, -0.2) is 6.54 Å². The van der Waals surface area contributed by atoms with Crippen molar-refractivity contribution in [2.75, 3.05) is 11.4 Å². The number of benzene rings is 2. The first-order valence-electron chi connectivity index (χ1n) is 6.98. The molecule has 0 atom stereocenters. The highest BCUT2D eigenvalue weighted by atomic mass is 15.1. The van der Waals surface area contributed by atoms with E-state index in [2.05, 4.69) is 72.5 Å². The molecule has 1 aliphatic heterocycles. The third-order valence-electron chi connectivity index (χ3n) is 3.63. The number of nitrogens with zero attached hydrogens (tertiary/aromatic N) is 1. The van der Waals surface area contributed by atoms with Crippen molar-refractivity contribution in [3.05, 3.63) is 65.2 Å². The van der Waals surface area contributed by atoms with Crippen molar-refractivity contribution in [3.63, 3.8) is 0 Å². The van der Waals surface area contributed by atoms with Crippen LogP contribution in [0.2, 0.25) is 0 Å². The number of rotatable bonds is 2. The minimum absolute atomic E-state index is 0.991. The zero-order valence-electron chi connectivity index (χ0n) is 11.3. The van der Waals surface area contributed by atoms with Gasteiger partial charge >= 0.3 is 0 Å². The molecule has 0 amide bonds. The third-order valence-corrected chi connectivity index (χ3v) is 3.63. The van der Waals surface area contributed by atoms with Crippen LogP contribution >= 0.6 is 0 Å². The molecule has 2 aromatic carbocycles. The van der Waals surface area contributed by atoms with E-state index in [1.54, 1.807) is 0 Å². The number of hydrogen-bond donors (Lipinski definition) is 0. The Hall–Kier alpha value is -2.02. The van der Waals surface area contributed by atoms with E-state index in [0.717, 1.165) is 13.1 Å². The van der Waals surface area contributed by atoms with Crippen LogP contribution in [0, 0.1) is 0 Å². The van der Waals surface area contributed by atoms with Gasteiger partial charge in [0.1, 0.15) is 0 Å². The smallest absolute Gasteiger partial charge is 0.0442 e. The molecule has 0 aromatic heterocycles. The highest BCUT2D eigenvalue weighted by molar-refractivity contribution is 5.79. The second-order valence-corrected chi connectivity index (χ2v) is 5.01. The van der Waals surface area contributed by atoms with Crippen LogP contribution < -0.4 is 4.90 Å². The van der Waals surface area contributed by atoms with Gasteiger partial charge in [-0.3, -0.25) is 0 Å². The van der Waals surface area contributed by atoms with Crippen LogP contribution in [0.4, 0.5) is 5.69 Å². The molecule has 0 radical (unpaired) electrons. The van der Waals surface area contributed by atoms with E-state index in [0.29, 0.717) is 0 Å². The predicted molar refractivity (Wildman–Crippen MR) is 83.2 cm³/mol. The van der Waals surface area contributed by atoms with Gasteiger partial charge in [-0.1, -0.05) is 61.5 Å². The molecular weight excluding hydrogens is 230 g/mol. The van der Waals surface area contributed by atoms with Crippen LogP contribution in [0.3, 0.4) is 0 Å². The van der Waals surface area contributed by atoms with Gasteiger partial charge in [0.2, 0.25) is 0 Å². The number of hydrogen-bond acceptors (Lipinski definition) is 1. The Morgan fingerprint density at radius 1 is 0.895 bits per heavy atom. The molecule has 1 nitrogen and oxygen atoms in total. The topological polar surface area (TPSA) is 3.24 Å². The van der Waals surface area contributed by atoms with Crippen LogP contribution in [0.25, 0.3) is 12.2 Å². The molecule has 1 heterocycles. The summed E-state index contributed by atoms with van der Waals surface area (Å²) in [6, 6.07) is 17.3. The number of fused-ring (bicyclic) bond motifs is 2. The molecule has 0 N–H and O–H groups in total. The molecule has 0 fully saturated rings. The van der Waals surface area contributed by atoms with Crippen molar-refractivity contribution in [2.45, 2.75) is 19.9 Å². The monoisotopic (exact) mass is 249 g/mol. The second-order valence-electron chi connectivity index (χ2n) is 5.01. The summed E-state index contributed by atoms with van der Waals surface area (Å²) < 4.78 is 0. The van der Waals surface area contributed by atoms with E-state index in [1.165, 1.54) is 28.8 Å².